The fraction of sp³-hybridized carbons (Fsp3) is 0.207. The van der Waals surface area contributed by atoms with Crippen LogP contribution >= 0.6 is 0 Å². The number of Topliss-reactive ketones (excluding diaryl/α,β-unsaturated/α-hetero) is 1. The first-order valence-corrected chi connectivity index (χ1v) is 12.1. The van der Waals surface area contributed by atoms with Crippen LogP contribution in [-0.2, 0) is 16.1 Å². The van der Waals surface area contributed by atoms with Crippen molar-refractivity contribution in [2.75, 3.05) is 18.0 Å². The number of benzene rings is 2. The SMILES string of the molecule is CCN(CC)c1ccc(C2/C(=C(/O)c3c[nH]c4ccccc34)C(=O)C(=O)N2Cc2ccccn2)cc1. The van der Waals surface area contributed by atoms with Crippen molar-refractivity contribution in [3.05, 3.63) is 102 Å². The second-order valence-electron chi connectivity index (χ2n) is 8.76. The number of nitrogens with zero attached hydrogens (tertiary/aromatic N) is 3. The quantitative estimate of drug-likeness (QED) is 0.220. The summed E-state index contributed by atoms with van der Waals surface area (Å²) in [5.41, 5.74) is 3.88. The van der Waals surface area contributed by atoms with E-state index >= 15 is 0 Å². The van der Waals surface area contributed by atoms with Crippen LogP contribution < -0.4 is 4.90 Å². The van der Waals surface area contributed by atoms with Gasteiger partial charge in [-0.15, -0.1) is 0 Å². The maximum absolute atomic E-state index is 13.4. The molecule has 182 valence electrons. The molecule has 1 aliphatic rings. The topological polar surface area (TPSA) is 89.5 Å². The Morgan fingerprint density at radius 2 is 1.72 bits per heavy atom. The van der Waals surface area contributed by atoms with Crippen LogP contribution in [0.4, 0.5) is 5.69 Å². The van der Waals surface area contributed by atoms with Crippen molar-refractivity contribution in [2.24, 2.45) is 0 Å². The predicted octanol–water partition coefficient (Wildman–Crippen LogP) is 5.03. The summed E-state index contributed by atoms with van der Waals surface area (Å²) in [6.07, 6.45) is 3.33. The molecule has 1 fully saturated rings. The van der Waals surface area contributed by atoms with Gasteiger partial charge in [0.25, 0.3) is 11.7 Å². The third-order valence-corrected chi connectivity index (χ3v) is 6.78. The van der Waals surface area contributed by atoms with Crippen molar-refractivity contribution in [3.63, 3.8) is 0 Å². The number of hydrogen-bond donors (Lipinski definition) is 2. The van der Waals surface area contributed by atoms with Crippen LogP contribution in [0.3, 0.4) is 0 Å². The summed E-state index contributed by atoms with van der Waals surface area (Å²) in [5, 5.41) is 12.2. The smallest absolute Gasteiger partial charge is 0.296 e. The number of fused-ring (bicyclic) bond motifs is 1. The molecule has 36 heavy (non-hydrogen) atoms. The molecule has 1 aliphatic heterocycles. The van der Waals surface area contributed by atoms with Crippen LogP contribution in [0.15, 0.2) is 84.7 Å². The zero-order chi connectivity index (χ0) is 25.2. The number of nitrogens with one attached hydrogen (secondary N) is 1. The first kappa shape index (κ1) is 23.4. The van der Waals surface area contributed by atoms with Crippen LogP contribution in [-0.4, -0.2) is 44.8 Å². The molecular weight excluding hydrogens is 452 g/mol. The number of hydrogen-bond acceptors (Lipinski definition) is 5. The minimum absolute atomic E-state index is 0.0799. The molecule has 0 spiro atoms. The van der Waals surface area contributed by atoms with Crippen molar-refractivity contribution in [3.8, 4) is 0 Å². The second-order valence-corrected chi connectivity index (χ2v) is 8.76. The molecule has 1 amide bonds. The van der Waals surface area contributed by atoms with Crippen LogP contribution in [0.1, 0.15) is 36.7 Å². The molecule has 3 heterocycles. The Morgan fingerprint density at radius 3 is 2.42 bits per heavy atom. The molecule has 1 unspecified atom stereocenters. The highest BCUT2D eigenvalue weighted by atomic mass is 16.3. The van der Waals surface area contributed by atoms with Gasteiger partial charge in [0, 0.05) is 47.6 Å². The van der Waals surface area contributed by atoms with E-state index in [1.165, 1.54) is 4.90 Å². The number of carbonyl (C=O) groups is 2. The van der Waals surface area contributed by atoms with Gasteiger partial charge in [-0.1, -0.05) is 36.4 Å². The van der Waals surface area contributed by atoms with Gasteiger partial charge in [0.2, 0.25) is 0 Å². The lowest BCUT2D eigenvalue weighted by Crippen LogP contribution is -2.29. The predicted molar refractivity (Wildman–Crippen MR) is 140 cm³/mol. The highest BCUT2D eigenvalue weighted by Gasteiger charge is 2.46. The third kappa shape index (κ3) is 4.02. The van der Waals surface area contributed by atoms with E-state index < -0.39 is 17.7 Å². The lowest BCUT2D eigenvalue weighted by atomic mass is 9.95. The van der Waals surface area contributed by atoms with Crippen molar-refractivity contribution in [1.29, 1.82) is 0 Å². The minimum Gasteiger partial charge on any atom is -0.507 e. The van der Waals surface area contributed by atoms with Gasteiger partial charge in [-0.2, -0.15) is 0 Å². The van der Waals surface area contributed by atoms with Gasteiger partial charge in [-0.3, -0.25) is 14.6 Å². The zero-order valence-corrected chi connectivity index (χ0v) is 20.3. The number of anilines is 1. The summed E-state index contributed by atoms with van der Waals surface area (Å²) in [7, 11) is 0. The van der Waals surface area contributed by atoms with Gasteiger partial charge in [-0.25, -0.2) is 0 Å². The molecule has 5 rings (SSSR count). The van der Waals surface area contributed by atoms with E-state index in [4.69, 9.17) is 0 Å². The Morgan fingerprint density at radius 1 is 1.00 bits per heavy atom. The maximum Gasteiger partial charge on any atom is 0.296 e. The minimum atomic E-state index is -0.744. The van der Waals surface area contributed by atoms with Gasteiger partial charge >= 0.3 is 0 Å². The van der Waals surface area contributed by atoms with Gasteiger partial charge < -0.3 is 19.9 Å². The lowest BCUT2D eigenvalue weighted by molar-refractivity contribution is -0.140. The molecule has 7 nitrogen and oxygen atoms in total. The summed E-state index contributed by atoms with van der Waals surface area (Å²) < 4.78 is 0. The van der Waals surface area contributed by atoms with E-state index in [2.05, 4.69) is 28.7 Å². The van der Waals surface area contributed by atoms with E-state index in [1.807, 2.05) is 60.7 Å². The average Bonchev–Trinajstić information content (AvgIpc) is 3.45. The van der Waals surface area contributed by atoms with Crippen LogP contribution in [0.25, 0.3) is 16.7 Å². The number of pyridine rings is 1. The summed E-state index contributed by atoms with van der Waals surface area (Å²) in [6, 6.07) is 20.1. The fourth-order valence-electron chi connectivity index (χ4n) is 4.92. The van der Waals surface area contributed by atoms with Crippen LogP contribution in [0.5, 0.6) is 0 Å². The molecular formula is C29H28N4O3. The van der Waals surface area contributed by atoms with E-state index in [1.54, 1.807) is 18.5 Å². The van der Waals surface area contributed by atoms with Crippen molar-refractivity contribution < 1.29 is 14.7 Å². The number of aliphatic hydroxyl groups excluding tert-OH is 1. The number of H-pyrrole nitrogens is 1. The molecule has 4 aromatic rings. The Hall–Kier alpha value is -4.39. The highest BCUT2D eigenvalue weighted by molar-refractivity contribution is 6.46. The summed E-state index contributed by atoms with van der Waals surface area (Å²) in [4.78, 5) is 37.9. The molecule has 7 heteroatoms. The van der Waals surface area contributed by atoms with Gasteiger partial charge in [0.1, 0.15) is 5.76 Å². The Labute approximate surface area is 209 Å². The Bertz CT molecular complexity index is 1440. The molecule has 2 N–H and O–H groups in total. The van der Waals surface area contributed by atoms with Crippen molar-refractivity contribution >= 4 is 34.0 Å². The number of aromatic amines is 1. The average molecular weight is 481 g/mol. The number of rotatable bonds is 7. The zero-order valence-electron chi connectivity index (χ0n) is 20.3. The molecule has 0 saturated carbocycles. The van der Waals surface area contributed by atoms with Crippen molar-refractivity contribution in [2.45, 2.75) is 26.4 Å². The molecule has 2 aromatic carbocycles. The fourth-order valence-corrected chi connectivity index (χ4v) is 4.92. The number of ketones is 1. The molecule has 1 saturated heterocycles. The van der Waals surface area contributed by atoms with E-state index in [9.17, 15) is 14.7 Å². The second kappa shape index (κ2) is 9.70. The summed E-state index contributed by atoms with van der Waals surface area (Å²) in [6.45, 7) is 6.09. The largest absolute Gasteiger partial charge is 0.507 e. The number of amides is 1. The normalized spacial score (nSPS) is 17.2. The first-order chi connectivity index (χ1) is 17.5. The summed E-state index contributed by atoms with van der Waals surface area (Å²) >= 11 is 0. The number of para-hydroxylation sites is 1. The van der Waals surface area contributed by atoms with E-state index in [0.717, 1.165) is 35.2 Å². The standard InChI is InChI=1S/C29H28N4O3/c1-3-32(4-2)21-14-12-19(13-15-21)26-25(27(34)23-17-31-24-11-6-5-10-22(23)24)28(35)29(36)33(26)18-20-9-7-8-16-30-20/h5-17,26,31,34H,3-4,18H2,1-2H3/b27-25-. The van der Waals surface area contributed by atoms with Gasteiger partial charge in [-0.05, 0) is 49.7 Å². The highest BCUT2D eigenvalue weighted by Crippen LogP contribution is 2.41. The lowest BCUT2D eigenvalue weighted by Gasteiger charge is -2.26. The number of carbonyl (C=O) groups excluding carboxylic acids is 2. The third-order valence-electron chi connectivity index (χ3n) is 6.78. The van der Waals surface area contributed by atoms with Crippen LogP contribution in [0.2, 0.25) is 0 Å². The number of aliphatic hydroxyl groups is 1. The first-order valence-electron chi connectivity index (χ1n) is 12.1. The van der Waals surface area contributed by atoms with Gasteiger partial charge in [0.05, 0.1) is 23.9 Å². The molecule has 0 aliphatic carbocycles. The van der Waals surface area contributed by atoms with E-state index in [-0.39, 0.29) is 17.9 Å². The molecule has 2 aromatic heterocycles. The Kier molecular flexibility index (Phi) is 6.29. The number of aromatic nitrogens is 2. The molecule has 0 bridgehead atoms. The van der Waals surface area contributed by atoms with Crippen LogP contribution in [0, 0.1) is 0 Å². The van der Waals surface area contributed by atoms with E-state index in [0.29, 0.717) is 11.3 Å². The van der Waals surface area contributed by atoms with Gasteiger partial charge in [0.15, 0.2) is 0 Å². The Balaban J connectivity index is 1.65. The maximum atomic E-state index is 13.4. The number of likely N-dealkylation sites (tertiary alicyclic amines) is 1. The molecule has 0 radical (unpaired) electrons. The summed E-state index contributed by atoms with van der Waals surface area (Å²) in [5.74, 6) is -1.54. The molecule has 1 atom stereocenters. The monoisotopic (exact) mass is 480 g/mol. The van der Waals surface area contributed by atoms with Crippen molar-refractivity contribution in [1.82, 2.24) is 14.9 Å².